The Hall–Kier alpha value is -2.82. The van der Waals surface area contributed by atoms with Crippen molar-refractivity contribution in [2.24, 2.45) is 0 Å². The first-order valence-electron chi connectivity index (χ1n) is 6.78. The Labute approximate surface area is 128 Å². The van der Waals surface area contributed by atoms with Crippen molar-refractivity contribution in [2.75, 3.05) is 0 Å². The maximum atomic E-state index is 11.9. The summed E-state index contributed by atoms with van der Waals surface area (Å²) in [5.41, 5.74) is 0.708. The summed E-state index contributed by atoms with van der Waals surface area (Å²) in [6, 6.07) is 11.8. The van der Waals surface area contributed by atoms with Crippen molar-refractivity contribution in [1.82, 2.24) is 0 Å². The molecule has 2 rings (SSSR count). The Morgan fingerprint density at radius 1 is 0.864 bits per heavy atom. The molecule has 2 aromatic carbocycles. The Balaban J connectivity index is 2.03. The molecule has 0 bridgehead atoms. The lowest BCUT2D eigenvalue weighted by Gasteiger charge is -2.08. The summed E-state index contributed by atoms with van der Waals surface area (Å²) in [7, 11) is 0. The van der Waals surface area contributed by atoms with Crippen molar-refractivity contribution in [3.8, 4) is 11.5 Å². The predicted molar refractivity (Wildman–Crippen MR) is 80.1 cm³/mol. The first kappa shape index (κ1) is 15.6. The third kappa shape index (κ3) is 4.09. The van der Waals surface area contributed by atoms with Crippen LogP contribution in [0.3, 0.4) is 0 Å². The second-order valence-electron chi connectivity index (χ2n) is 4.91. The minimum Gasteiger partial charge on any atom is -0.508 e. The fourth-order valence-corrected chi connectivity index (χ4v) is 1.70. The molecule has 0 fully saturated rings. The summed E-state index contributed by atoms with van der Waals surface area (Å²) in [6.07, 6.45) is -0.195. The molecule has 22 heavy (non-hydrogen) atoms. The van der Waals surface area contributed by atoms with Gasteiger partial charge in [-0.25, -0.2) is 9.59 Å². The van der Waals surface area contributed by atoms with Crippen molar-refractivity contribution in [3.63, 3.8) is 0 Å². The highest BCUT2D eigenvalue weighted by Crippen LogP contribution is 2.16. The van der Waals surface area contributed by atoms with Crippen LogP contribution in [0.25, 0.3) is 0 Å². The van der Waals surface area contributed by atoms with E-state index in [1.807, 2.05) is 0 Å². The van der Waals surface area contributed by atoms with Crippen molar-refractivity contribution in [2.45, 2.75) is 20.0 Å². The van der Waals surface area contributed by atoms with Gasteiger partial charge in [0.05, 0.1) is 17.2 Å². The molecule has 1 N–H and O–H groups in total. The first-order valence-corrected chi connectivity index (χ1v) is 6.78. The topological polar surface area (TPSA) is 72.8 Å². The molecule has 0 atom stereocenters. The second kappa shape index (κ2) is 6.76. The van der Waals surface area contributed by atoms with Crippen LogP contribution >= 0.6 is 0 Å². The van der Waals surface area contributed by atoms with Gasteiger partial charge < -0.3 is 14.6 Å². The Kier molecular flexibility index (Phi) is 4.78. The van der Waals surface area contributed by atoms with Crippen LogP contribution in [-0.4, -0.2) is 23.1 Å². The van der Waals surface area contributed by atoms with Gasteiger partial charge >= 0.3 is 11.9 Å². The van der Waals surface area contributed by atoms with Crippen LogP contribution in [0, 0.1) is 0 Å². The summed E-state index contributed by atoms with van der Waals surface area (Å²) < 4.78 is 10.3. The van der Waals surface area contributed by atoms with E-state index in [0.717, 1.165) is 0 Å². The van der Waals surface area contributed by atoms with Gasteiger partial charge in [0.15, 0.2) is 0 Å². The van der Waals surface area contributed by atoms with E-state index in [2.05, 4.69) is 0 Å². The van der Waals surface area contributed by atoms with Crippen molar-refractivity contribution < 1.29 is 24.2 Å². The Bertz CT molecular complexity index is 656. The smallest absolute Gasteiger partial charge is 0.343 e. The number of carbonyl (C=O) groups is 2. The van der Waals surface area contributed by atoms with E-state index in [1.165, 1.54) is 48.5 Å². The van der Waals surface area contributed by atoms with Crippen LogP contribution in [-0.2, 0) is 4.74 Å². The maximum absolute atomic E-state index is 11.9. The normalized spacial score (nSPS) is 10.3. The summed E-state index contributed by atoms with van der Waals surface area (Å²) in [6.45, 7) is 3.54. The average Bonchev–Trinajstić information content (AvgIpc) is 2.48. The maximum Gasteiger partial charge on any atom is 0.343 e. The molecule has 0 aliphatic carbocycles. The lowest BCUT2D eigenvalue weighted by molar-refractivity contribution is 0.0378. The minimum atomic E-state index is -0.544. The van der Waals surface area contributed by atoms with Crippen molar-refractivity contribution in [3.05, 3.63) is 59.7 Å². The molecule has 0 saturated carbocycles. The van der Waals surface area contributed by atoms with Crippen molar-refractivity contribution in [1.29, 1.82) is 0 Å². The van der Waals surface area contributed by atoms with Gasteiger partial charge in [-0.1, -0.05) is 0 Å². The number of rotatable bonds is 4. The van der Waals surface area contributed by atoms with E-state index in [0.29, 0.717) is 16.9 Å². The third-order valence-electron chi connectivity index (χ3n) is 2.75. The van der Waals surface area contributed by atoms with Gasteiger partial charge in [0, 0.05) is 0 Å². The molecule has 2 aromatic rings. The van der Waals surface area contributed by atoms with Gasteiger partial charge in [-0.15, -0.1) is 0 Å². The number of aromatic hydroxyl groups is 1. The molecule has 5 heteroatoms. The number of carbonyl (C=O) groups excluding carboxylic acids is 2. The Morgan fingerprint density at radius 3 is 1.91 bits per heavy atom. The molecule has 0 saturated heterocycles. The molecule has 0 heterocycles. The van der Waals surface area contributed by atoms with Crippen LogP contribution in [0.4, 0.5) is 0 Å². The SMILES string of the molecule is CC(C)OC(=O)c1ccc(OC(=O)c2ccc(O)cc2)cc1. The number of ether oxygens (including phenoxy) is 2. The summed E-state index contributed by atoms with van der Waals surface area (Å²) in [4.78, 5) is 23.6. The van der Waals surface area contributed by atoms with Crippen molar-refractivity contribution >= 4 is 11.9 Å². The second-order valence-corrected chi connectivity index (χ2v) is 4.91. The highest BCUT2D eigenvalue weighted by Gasteiger charge is 2.11. The number of hydrogen-bond acceptors (Lipinski definition) is 5. The number of hydrogen-bond donors (Lipinski definition) is 1. The fraction of sp³-hybridized carbons (Fsp3) is 0.176. The van der Waals surface area contributed by atoms with Gasteiger partial charge in [-0.3, -0.25) is 0 Å². The molecule has 5 nitrogen and oxygen atoms in total. The predicted octanol–water partition coefficient (Wildman–Crippen LogP) is 3.18. The van der Waals surface area contributed by atoms with E-state index in [9.17, 15) is 14.7 Å². The van der Waals surface area contributed by atoms with Gasteiger partial charge in [-0.2, -0.15) is 0 Å². The zero-order valence-corrected chi connectivity index (χ0v) is 12.3. The number of esters is 2. The quantitative estimate of drug-likeness (QED) is 0.693. The van der Waals surface area contributed by atoms with E-state index in [4.69, 9.17) is 9.47 Å². The number of benzene rings is 2. The lowest BCUT2D eigenvalue weighted by Crippen LogP contribution is -2.12. The molecule has 0 aliphatic heterocycles. The molecule has 0 spiro atoms. The monoisotopic (exact) mass is 300 g/mol. The van der Waals surface area contributed by atoms with Gasteiger partial charge in [0.25, 0.3) is 0 Å². The first-order chi connectivity index (χ1) is 10.5. The van der Waals surface area contributed by atoms with E-state index < -0.39 is 11.9 Å². The summed E-state index contributed by atoms with van der Waals surface area (Å²) >= 11 is 0. The molecule has 0 aliphatic rings. The molecular formula is C17H16O5. The van der Waals surface area contributed by atoms with Crippen LogP contribution in [0.15, 0.2) is 48.5 Å². The molecular weight excluding hydrogens is 284 g/mol. The van der Waals surface area contributed by atoms with E-state index in [1.54, 1.807) is 13.8 Å². The third-order valence-corrected chi connectivity index (χ3v) is 2.75. The molecule has 0 aromatic heterocycles. The fourth-order valence-electron chi connectivity index (χ4n) is 1.70. The average molecular weight is 300 g/mol. The highest BCUT2D eigenvalue weighted by atomic mass is 16.5. The van der Waals surface area contributed by atoms with E-state index >= 15 is 0 Å². The van der Waals surface area contributed by atoms with Crippen LogP contribution in [0.1, 0.15) is 34.6 Å². The minimum absolute atomic E-state index is 0.0737. The molecule has 0 radical (unpaired) electrons. The standard InChI is InChI=1S/C17H16O5/c1-11(2)21-16(19)13-5-9-15(10-6-13)22-17(20)12-3-7-14(18)8-4-12/h3-11,18H,1-2H3. The summed E-state index contributed by atoms with van der Waals surface area (Å²) in [5.74, 6) is -0.576. The zero-order valence-electron chi connectivity index (χ0n) is 12.3. The Morgan fingerprint density at radius 2 is 1.36 bits per heavy atom. The lowest BCUT2D eigenvalue weighted by atomic mass is 10.2. The summed E-state index contributed by atoms with van der Waals surface area (Å²) in [5, 5.41) is 9.18. The number of phenolic OH excluding ortho intramolecular Hbond substituents is 1. The van der Waals surface area contributed by atoms with E-state index in [-0.39, 0.29) is 11.9 Å². The van der Waals surface area contributed by atoms with Crippen LogP contribution in [0.2, 0.25) is 0 Å². The van der Waals surface area contributed by atoms with Gasteiger partial charge in [0.2, 0.25) is 0 Å². The molecule has 114 valence electrons. The number of phenols is 1. The van der Waals surface area contributed by atoms with Crippen LogP contribution < -0.4 is 4.74 Å². The highest BCUT2D eigenvalue weighted by molar-refractivity contribution is 5.92. The van der Waals surface area contributed by atoms with Gasteiger partial charge in [-0.05, 0) is 62.4 Å². The largest absolute Gasteiger partial charge is 0.508 e. The molecule has 0 amide bonds. The van der Waals surface area contributed by atoms with Crippen LogP contribution in [0.5, 0.6) is 11.5 Å². The van der Waals surface area contributed by atoms with Gasteiger partial charge in [0.1, 0.15) is 11.5 Å². The zero-order chi connectivity index (χ0) is 16.1. The molecule has 0 unspecified atom stereocenters.